The monoisotopic (exact) mass is 320 g/mol. The number of nitrogens with zero attached hydrogens (tertiary/aromatic N) is 2. The van der Waals surface area contributed by atoms with Crippen LogP contribution in [0.15, 0.2) is 16.6 Å². The highest BCUT2D eigenvalue weighted by Crippen LogP contribution is 2.35. The number of fused-ring (bicyclic) bond motifs is 1. The minimum absolute atomic E-state index is 0.445. The zero-order valence-electron chi connectivity index (χ0n) is 10.6. The van der Waals surface area contributed by atoms with Crippen molar-refractivity contribution in [2.24, 2.45) is 0 Å². The van der Waals surface area contributed by atoms with Gasteiger partial charge in [-0.05, 0) is 37.5 Å². The SMILES string of the molecule is Cc1cc(Br)cc2c1N(CCCCC#N)C(=O)C2=O. The lowest BCUT2D eigenvalue weighted by Gasteiger charge is -2.18. The lowest BCUT2D eigenvalue weighted by atomic mass is 10.1. The molecule has 19 heavy (non-hydrogen) atoms. The predicted octanol–water partition coefficient (Wildman–Crippen LogP) is 2.98. The number of anilines is 1. The molecule has 0 radical (unpaired) electrons. The Kier molecular flexibility index (Phi) is 4.01. The van der Waals surface area contributed by atoms with Crippen LogP contribution in [0.4, 0.5) is 5.69 Å². The van der Waals surface area contributed by atoms with Gasteiger partial charge in [-0.1, -0.05) is 15.9 Å². The number of unbranched alkanes of at least 4 members (excludes halogenated alkanes) is 2. The van der Waals surface area contributed by atoms with E-state index in [1.807, 2.05) is 13.0 Å². The van der Waals surface area contributed by atoms with E-state index < -0.39 is 11.7 Å². The third-order valence-corrected chi connectivity index (χ3v) is 3.60. The topological polar surface area (TPSA) is 61.2 Å². The number of benzene rings is 1. The Labute approximate surface area is 120 Å². The molecule has 0 atom stereocenters. The number of ketones is 1. The van der Waals surface area contributed by atoms with Crippen molar-refractivity contribution in [2.45, 2.75) is 26.2 Å². The fraction of sp³-hybridized carbons (Fsp3) is 0.357. The molecule has 98 valence electrons. The van der Waals surface area contributed by atoms with Crippen LogP contribution in [0.5, 0.6) is 0 Å². The van der Waals surface area contributed by atoms with Crippen molar-refractivity contribution in [3.63, 3.8) is 0 Å². The highest BCUT2D eigenvalue weighted by molar-refractivity contribution is 9.10. The molecule has 1 aliphatic rings. The molecule has 2 rings (SSSR count). The van der Waals surface area contributed by atoms with Gasteiger partial charge in [-0.25, -0.2) is 0 Å². The molecule has 1 heterocycles. The molecule has 1 aromatic carbocycles. The van der Waals surface area contributed by atoms with Crippen molar-refractivity contribution in [1.29, 1.82) is 5.26 Å². The van der Waals surface area contributed by atoms with Crippen LogP contribution in [0.2, 0.25) is 0 Å². The number of halogens is 1. The summed E-state index contributed by atoms with van der Waals surface area (Å²) in [6.45, 7) is 2.37. The van der Waals surface area contributed by atoms with Crippen LogP contribution >= 0.6 is 15.9 Å². The molecule has 1 amide bonds. The zero-order chi connectivity index (χ0) is 14.0. The molecule has 0 saturated heterocycles. The van der Waals surface area contributed by atoms with Crippen molar-refractivity contribution in [1.82, 2.24) is 0 Å². The Balaban J connectivity index is 2.26. The second kappa shape index (κ2) is 5.54. The van der Waals surface area contributed by atoms with E-state index in [9.17, 15) is 9.59 Å². The molecule has 0 saturated carbocycles. The van der Waals surface area contributed by atoms with Crippen molar-refractivity contribution < 1.29 is 9.59 Å². The van der Waals surface area contributed by atoms with E-state index in [0.29, 0.717) is 18.5 Å². The van der Waals surface area contributed by atoms with Crippen molar-refractivity contribution in [3.05, 3.63) is 27.7 Å². The average molecular weight is 321 g/mol. The Hall–Kier alpha value is -1.67. The standard InChI is InChI=1S/C14H13BrN2O2/c1-9-7-10(15)8-11-12(9)17(14(19)13(11)18)6-4-2-3-5-16/h7-8H,2-4,6H2,1H3. The van der Waals surface area contributed by atoms with Crippen LogP contribution in [0.25, 0.3) is 0 Å². The van der Waals surface area contributed by atoms with Gasteiger partial charge in [0.05, 0.1) is 17.3 Å². The average Bonchev–Trinajstić information content (AvgIpc) is 2.60. The number of amides is 1. The summed E-state index contributed by atoms with van der Waals surface area (Å²) in [6, 6.07) is 5.66. The summed E-state index contributed by atoms with van der Waals surface area (Å²) in [5, 5.41) is 8.49. The van der Waals surface area contributed by atoms with Crippen LogP contribution in [0.3, 0.4) is 0 Å². The van der Waals surface area contributed by atoms with Crippen LogP contribution < -0.4 is 4.90 Å². The third-order valence-electron chi connectivity index (χ3n) is 3.14. The Morgan fingerprint density at radius 3 is 2.74 bits per heavy atom. The molecule has 0 bridgehead atoms. The van der Waals surface area contributed by atoms with Gasteiger partial charge in [0.25, 0.3) is 11.7 Å². The van der Waals surface area contributed by atoms with Crippen molar-refractivity contribution >= 4 is 33.3 Å². The molecule has 1 aromatic rings. The zero-order valence-corrected chi connectivity index (χ0v) is 12.2. The molecule has 5 heteroatoms. The van der Waals surface area contributed by atoms with Crippen LogP contribution in [-0.4, -0.2) is 18.2 Å². The van der Waals surface area contributed by atoms with E-state index in [1.165, 1.54) is 4.90 Å². The van der Waals surface area contributed by atoms with Crippen LogP contribution in [0, 0.1) is 18.3 Å². The maximum atomic E-state index is 12.0. The molecular weight excluding hydrogens is 308 g/mol. The summed E-state index contributed by atoms with van der Waals surface area (Å²) in [4.78, 5) is 25.5. The van der Waals surface area contributed by atoms with Crippen LogP contribution in [-0.2, 0) is 4.79 Å². The molecule has 0 aromatic heterocycles. The van der Waals surface area contributed by atoms with Gasteiger partial charge in [0.1, 0.15) is 0 Å². The fourth-order valence-electron chi connectivity index (χ4n) is 2.29. The highest BCUT2D eigenvalue weighted by Gasteiger charge is 2.36. The number of carbonyl (C=O) groups excluding carboxylic acids is 2. The smallest absolute Gasteiger partial charge is 0.299 e. The van der Waals surface area contributed by atoms with Gasteiger partial charge < -0.3 is 4.90 Å². The van der Waals surface area contributed by atoms with Gasteiger partial charge in [0.2, 0.25) is 0 Å². The van der Waals surface area contributed by atoms with E-state index in [2.05, 4.69) is 22.0 Å². The molecule has 1 aliphatic heterocycles. The van der Waals surface area contributed by atoms with Gasteiger partial charge >= 0.3 is 0 Å². The number of Topliss-reactive ketones (excluding diaryl/α,β-unsaturated/α-hetero) is 1. The summed E-state index contributed by atoms with van der Waals surface area (Å²) >= 11 is 3.34. The van der Waals surface area contributed by atoms with E-state index in [0.717, 1.165) is 28.6 Å². The molecule has 0 spiro atoms. The Morgan fingerprint density at radius 1 is 1.32 bits per heavy atom. The summed E-state index contributed by atoms with van der Waals surface area (Å²) < 4.78 is 0.802. The number of carbonyl (C=O) groups is 2. The maximum absolute atomic E-state index is 12.0. The van der Waals surface area contributed by atoms with Crippen molar-refractivity contribution in [2.75, 3.05) is 11.4 Å². The number of hydrogen-bond donors (Lipinski definition) is 0. The fourth-order valence-corrected chi connectivity index (χ4v) is 2.87. The van der Waals surface area contributed by atoms with Gasteiger partial charge in [-0.15, -0.1) is 0 Å². The Morgan fingerprint density at radius 2 is 2.05 bits per heavy atom. The van der Waals surface area contributed by atoms with Gasteiger partial charge in [-0.2, -0.15) is 5.26 Å². The molecule has 0 N–H and O–H groups in total. The van der Waals surface area contributed by atoms with E-state index >= 15 is 0 Å². The van der Waals surface area contributed by atoms with Gasteiger partial charge in [-0.3, -0.25) is 9.59 Å². The molecular formula is C14H13BrN2O2. The van der Waals surface area contributed by atoms with E-state index in [4.69, 9.17) is 5.26 Å². The first-order valence-electron chi connectivity index (χ1n) is 6.09. The lowest BCUT2D eigenvalue weighted by Crippen LogP contribution is -2.31. The summed E-state index contributed by atoms with van der Waals surface area (Å²) in [5.41, 5.74) is 2.09. The normalized spacial score (nSPS) is 13.6. The highest BCUT2D eigenvalue weighted by atomic mass is 79.9. The van der Waals surface area contributed by atoms with Gasteiger partial charge in [0.15, 0.2) is 0 Å². The molecule has 0 aliphatic carbocycles. The molecule has 4 nitrogen and oxygen atoms in total. The molecule has 0 fully saturated rings. The van der Waals surface area contributed by atoms with Crippen LogP contribution in [0.1, 0.15) is 35.2 Å². The summed E-state index contributed by atoms with van der Waals surface area (Å²) in [7, 11) is 0. The second-order valence-electron chi connectivity index (χ2n) is 4.52. The molecule has 0 unspecified atom stereocenters. The first kappa shape index (κ1) is 13.8. The van der Waals surface area contributed by atoms with E-state index in [-0.39, 0.29) is 0 Å². The maximum Gasteiger partial charge on any atom is 0.299 e. The minimum atomic E-state index is -0.465. The lowest BCUT2D eigenvalue weighted by molar-refractivity contribution is -0.114. The van der Waals surface area contributed by atoms with E-state index in [1.54, 1.807) is 6.07 Å². The summed E-state index contributed by atoms with van der Waals surface area (Å²) in [5.74, 6) is -0.909. The summed E-state index contributed by atoms with van der Waals surface area (Å²) in [6.07, 6.45) is 1.93. The first-order chi connectivity index (χ1) is 9.06. The minimum Gasteiger partial charge on any atom is -0.304 e. The predicted molar refractivity (Wildman–Crippen MR) is 75.0 cm³/mol. The Bertz CT molecular complexity index is 590. The second-order valence-corrected chi connectivity index (χ2v) is 5.44. The third kappa shape index (κ3) is 2.54. The largest absolute Gasteiger partial charge is 0.304 e. The number of nitriles is 1. The quantitative estimate of drug-likeness (QED) is 0.633. The number of aryl methyl sites for hydroxylation is 1. The number of rotatable bonds is 4. The van der Waals surface area contributed by atoms with Crippen molar-refractivity contribution in [3.8, 4) is 6.07 Å². The van der Waals surface area contributed by atoms with Gasteiger partial charge in [0, 0.05) is 17.4 Å². The first-order valence-corrected chi connectivity index (χ1v) is 6.89. The number of hydrogen-bond acceptors (Lipinski definition) is 3.